The molecule has 1 atom stereocenters. The molecule has 2 aromatic carbocycles. The Bertz CT molecular complexity index is 915. The summed E-state index contributed by atoms with van der Waals surface area (Å²) < 4.78 is 5.50. The van der Waals surface area contributed by atoms with Gasteiger partial charge in [0.15, 0.2) is 0 Å². The van der Waals surface area contributed by atoms with E-state index in [1.807, 2.05) is 41.3 Å². The first kappa shape index (κ1) is 22.3. The number of hydrogen-bond acceptors (Lipinski definition) is 4. The van der Waals surface area contributed by atoms with Crippen molar-refractivity contribution in [2.75, 3.05) is 51.3 Å². The summed E-state index contributed by atoms with van der Waals surface area (Å²) in [7, 11) is 1.70. The Labute approximate surface area is 194 Å². The normalized spacial score (nSPS) is 20.0. The Morgan fingerprint density at radius 1 is 1.03 bits per heavy atom. The number of carbonyl (C=O) groups excluding carboxylic acids is 1. The molecule has 0 radical (unpaired) electrons. The Morgan fingerprint density at radius 2 is 1.81 bits per heavy atom. The number of para-hydroxylation sites is 2. The lowest BCUT2D eigenvalue weighted by Crippen LogP contribution is -2.52. The summed E-state index contributed by atoms with van der Waals surface area (Å²) in [6, 6.07) is 13.8. The van der Waals surface area contributed by atoms with Crippen LogP contribution in [0, 0.1) is 5.92 Å². The minimum absolute atomic E-state index is 0.0642. The minimum Gasteiger partial charge on any atom is -0.495 e. The first-order chi connectivity index (χ1) is 15.0. The molecule has 2 fully saturated rings. The third-order valence-electron chi connectivity index (χ3n) is 6.26. The summed E-state index contributed by atoms with van der Waals surface area (Å²) in [5.74, 6) is 1.24. The second-order valence-corrected chi connectivity index (χ2v) is 9.12. The fourth-order valence-corrected chi connectivity index (χ4v) is 4.93. The molecule has 2 aromatic rings. The zero-order chi connectivity index (χ0) is 21.8. The third kappa shape index (κ3) is 5.28. The van der Waals surface area contributed by atoms with Crippen LogP contribution in [0.1, 0.15) is 18.4 Å². The van der Waals surface area contributed by atoms with Gasteiger partial charge in [-0.25, -0.2) is 0 Å². The molecule has 1 amide bonds. The standard InChI is InChI=1S/C24H29Cl2N3O2/c1-31-23-7-3-2-6-22(23)28-11-13-29(14-12-28)24(30)19-5-4-10-27(17-19)16-18-8-9-20(25)21(26)15-18/h2-3,6-9,15,19H,4-5,10-14,16-17H2,1H3. The number of nitrogens with zero attached hydrogens (tertiary/aromatic N) is 3. The molecule has 2 heterocycles. The van der Waals surface area contributed by atoms with E-state index in [9.17, 15) is 4.79 Å². The van der Waals surface area contributed by atoms with Crippen molar-refractivity contribution in [3.8, 4) is 5.75 Å². The quantitative estimate of drug-likeness (QED) is 0.653. The smallest absolute Gasteiger partial charge is 0.227 e. The van der Waals surface area contributed by atoms with Gasteiger partial charge in [0, 0.05) is 39.3 Å². The molecule has 1 unspecified atom stereocenters. The SMILES string of the molecule is COc1ccccc1N1CCN(C(=O)C2CCCN(Cc3ccc(Cl)c(Cl)c3)C2)CC1. The van der Waals surface area contributed by atoms with Crippen molar-refractivity contribution in [1.29, 1.82) is 0 Å². The fourth-order valence-electron chi connectivity index (χ4n) is 4.61. The molecule has 2 aliphatic rings. The molecule has 0 N–H and O–H groups in total. The van der Waals surface area contributed by atoms with Crippen molar-refractivity contribution in [2.24, 2.45) is 5.92 Å². The molecule has 31 heavy (non-hydrogen) atoms. The number of hydrogen-bond donors (Lipinski definition) is 0. The van der Waals surface area contributed by atoms with Crippen molar-refractivity contribution in [3.05, 3.63) is 58.1 Å². The first-order valence-electron chi connectivity index (χ1n) is 10.9. The number of rotatable bonds is 5. The summed E-state index contributed by atoms with van der Waals surface area (Å²) in [6.07, 6.45) is 2.00. The van der Waals surface area contributed by atoms with E-state index in [0.717, 1.165) is 75.7 Å². The van der Waals surface area contributed by atoms with E-state index in [0.29, 0.717) is 16.0 Å². The number of anilines is 1. The number of piperazine rings is 1. The number of likely N-dealkylation sites (tertiary alicyclic amines) is 1. The van der Waals surface area contributed by atoms with Crippen LogP contribution in [0.25, 0.3) is 0 Å². The molecule has 0 spiro atoms. The molecule has 166 valence electrons. The molecular formula is C24H29Cl2N3O2. The van der Waals surface area contributed by atoms with Gasteiger partial charge in [-0.1, -0.05) is 41.4 Å². The second kappa shape index (κ2) is 10.1. The van der Waals surface area contributed by atoms with Crippen LogP contribution in [-0.2, 0) is 11.3 Å². The lowest BCUT2D eigenvalue weighted by molar-refractivity contribution is -0.137. The maximum Gasteiger partial charge on any atom is 0.227 e. The summed E-state index contributed by atoms with van der Waals surface area (Å²) in [6.45, 7) is 5.75. The van der Waals surface area contributed by atoms with Crippen molar-refractivity contribution in [1.82, 2.24) is 9.80 Å². The van der Waals surface area contributed by atoms with Gasteiger partial charge in [0.25, 0.3) is 0 Å². The zero-order valence-electron chi connectivity index (χ0n) is 17.9. The maximum absolute atomic E-state index is 13.2. The highest BCUT2D eigenvalue weighted by molar-refractivity contribution is 6.42. The van der Waals surface area contributed by atoms with Gasteiger partial charge in [-0.15, -0.1) is 0 Å². The Balaban J connectivity index is 1.32. The number of amides is 1. The van der Waals surface area contributed by atoms with Gasteiger partial charge in [-0.2, -0.15) is 0 Å². The van der Waals surface area contributed by atoms with Crippen LogP contribution in [0.15, 0.2) is 42.5 Å². The molecule has 4 rings (SSSR count). The van der Waals surface area contributed by atoms with E-state index < -0.39 is 0 Å². The molecule has 0 bridgehead atoms. The van der Waals surface area contributed by atoms with E-state index in [1.54, 1.807) is 7.11 Å². The molecule has 2 saturated heterocycles. The van der Waals surface area contributed by atoms with Crippen LogP contribution in [0.5, 0.6) is 5.75 Å². The molecule has 7 heteroatoms. The number of methoxy groups -OCH3 is 1. The van der Waals surface area contributed by atoms with Crippen molar-refractivity contribution in [2.45, 2.75) is 19.4 Å². The average Bonchev–Trinajstić information content (AvgIpc) is 2.81. The van der Waals surface area contributed by atoms with Gasteiger partial charge < -0.3 is 14.5 Å². The van der Waals surface area contributed by atoms with E-state index in [2.05, 4.69) is 15.9 Å². The van der Waals surface area contributed by atoms with Crippen LogP contribution >= 0.6 is 23.2 Å². The largest absolute Gasteiger partial charge is 0.495 e. The zero-order valence-corrected chi connectivity index (χ0v) is 19.4. The van der Waals surface area contributed by atoms with Gasteiger partial charge in [0.05, 0.1) is 28.8 Å². The summed E-state index contributed by atoms with van der Waals surface area (Å²) in [5, 5.41) is 1.15. The number of ether oxygens (including phenoxy) is 1. The van der Waals surface area contributed by atoms with Gasteiger partial charge in [0.1, 0.15) is 5.75 Å². The highest BCUT2D eigenvalue weighted by Gasteiger charge is 2.31. The predicted octanol–water partition coefficient (Wildman–Crippen LogP) is 4.56. The van der Waals surface area contributed by atoms with Crippen LogP contribution in [-0.4, -0.2) is 62.1 Å². The Hall–Kier alpha value is -1.95. The highest BCUT2D eigenvalue weighted by atomic mass is 35.5. The highest BCUT2D eigenvalue weighted by Crippen LogP contribution is 2.29. The number of benzene rings is 2. The van der Waals surface area contributed by atoms with Gasteiger partial charge in [-0.3, -0.25) is 9.69 Å². The van der Waals surface area contributed by atoms with Gasteiger partial charge in [0.2, 0.25) is 5.91 Å². The number of carbonyl (C=O) groups is 1. The van der Waals surface area contributed by atoms with Crippen LogP contribution in [0.2, 0.25) is 10.0 Å². The topological polar surface area (TPSA) is 36.0 Å². The summed E-state index contributed by atoms with van der Waals surface area (Å²) in [4.78, 5) is 19.9. The van der Waals surface area contributed by atoms with Gasteiger partial charge >= 0.3 is 0 Å². The van der Waals surface area contributed by atoms with Crippen molar-refractivity contribution in [3.63, 3.8) is 0 Å². The van der Waals surface area contributed by atoms with Crippen molar-refractivity contribution >= 4 is 34.8 Å². The maximum atomic E-state index is 13.2. The van der Waals surface area contributed by atoms with Gasteiger partial charge in [-0.05, 0) is 49.2 Å². The van der Waals surface area contributed by atoms with Crippen LogP contribution in [0.4, 0.5) is 5.69 Å². The second-order valence-electron chi connectivity index (χ2n) is 8.31. The molecule has 5 nitrogen and oxygen atoms in total. The molecule has 2 aliphatic heterocycles. The van der Waals surface area contributed by atoms with E-state index in [4.69, 9.17) is 27.9 Å². The Kier molecular flexibility index (Phi) is 7.26. The van der Waals surface area contributed by atoms with E-state index in [1.165, 1.54) is 0 Å². The third-order valence-corrected chi connectivity index (χ3v) is 7.00. The van der Waals surface area contributed by atoms with Crippen molar-refractivity contribution < 1.29 is 9.53 Å². The van der Waals surface area contributed by atoms with Crippen LogP contribution in [0.3, 0.4) is 0 Å². The molecule has 0 aliphatic carbocycles. The lowest BCUT2D eigenvalue weighted by atomic mass is 9.95. The molecule has 0 saturated carbocycles. The molecule has 0 aromatic heterocycles. The van der Waals surface area contributed by atoms with Crippen LogP contribution < -0.4 is 9.64 Å². The fraction of sp³-hybridized carbons (Fsp3) is 0.458. The Morgan fingerprint density at radius 3 is 2.55 bits per heavy atom. The molecular weight excluding hydrogens is 433 g/mol. The number of piperidine rings is 1. The summed E-state index contributed by atoms with van der Waals surface area (Å²) >= 11 is 12.2. The first-order valence-corrected chi connectivity index (χ1v) is 11.6. The van der Waals surface area contributed by atoms with E-state index >= 15 is 0 Å². The average molecular weight is 462 g/mol. The van der Waals surface area contributed by atoms with E-state index in [-0.39, 0.29) is 5.92 Å². The predicted molar refractivity (Wildman–Crippen MR) is 126 cm³/mol. The minimum atomic E-state index is 0.0642. The lowest BCUT2D eigenvalue weighted by Gasteiger charge is -2.40. The number of halogens is 2. The monoisotopic (exact) mass is 461 g/mol. The summed E-state index contributed by atoms with van der Waals surface area (Å²) in [5.41, 5.74) is 2.23.